The zero-order chi connectivity index (χ0) is 22.4. The van der Waals surface area contributed by atoms with E-state index >= 15 is 0 Å². The predicted octanol–water partition coefficient (Wildman–Crippen LogP) is 4.44. The van der Waals surface area contributed by atoms with Crippen molar-refractivity contribution < 1.29 is 22.7 Å². The molecule has 10 heteroatoms. The van der Waals surface area contributed by atoms with Crippen molar-refractivity contribution in [2.24, 2.45) is 0 Å². The molecule has 3 rings (SSSR count). The van der Waals surface area contributed by atoms with E-state index in [2.05, 4.69) is 10.3 Å². The summed E-state index contributed by atoms with van der Waals surface area (Å²) in [4.78, 5) is 29.4. The molecule has 0 atom stereocenters. The lowest BCUT2D eigenvalue weighted by molar-refractivity contribution is -0.115. The number of halogens is 1. The minimum Gasteiger partial charge on any atom is -0.462 e. The molecule has 1 heterocycles. The lowest BCUT2D eigenvalue weighted by Gasteiger charge is -2.05. The van der Waals surface area contributed by atoms with Crippen molar-refractivity contribution >= 4 is 49.8 Å². The number of rotatable bonds is 8. The van der Waals surface area contributed by atoms with Gasteiger partial charge in [0.1, 0.15) is 4.88 Å². The first-order valence-electron chi connectivity index (χ1n) is 9.31. The molecule has 0 aliphatic rings. The number of hydrogen-bond donors (Lipinski definition) is 1. The van der Waals surface area contributed by atoms with E-state index in [0.717, 1.165) is 11.3 Å². The molecule has 0 aliphatic heterocycles. The Labute approximate surface area is 189 Å². The quantitative estimate of drug-likeness (QED) is 0.480. The first-order chi connectivity index (χ1) is 14.8. The minimum atomic E-state index is -3.64. The van der Waals surface area contributed by atoms with E-state index in [1.165, 1.54) is 24.3 Å². The summed E-state index contributed by atoms with van der Waals surface area (Å²) >= 11 is 6.76. The van der Waals surface area contributed by atoms with E-state index in [1.54, 1.807) is 19.1 Å². The highest BCUT2D eigenvalue weighted by Crippen LogP contribution is 2.32. The molecule has 31 heavy (non-hydrogen) atoms. The molecule has 1 amide bonds. The van der Waals surface area contributed by atoms with E-state index in [0.29, 0.717) is 16.3 Å². The van der Waals surface area contributed by atoms with Crippen molar-refractivity contribution in [3.63, 3.8) is 0 Å². The van der Waals surface area contributed by atoms with Gasteiger partial charge in [0.05, 0.1) is 22.9 Å². The summed E-state index contributed by atoms with van der Waals surface area (Å²) in [6.45, 7) is 1.90. The smallest absolute Gasteiger partial charge is 0.350 e. The van der Waals surface area contributed by atoms with E-state index < -0.39 is 21.7 Å². The maximum atomic E-state index is 12.4. The van der Waals surface area contributed by atoms with Crippen LogP contribution in [0.25, 0.3) is 11.3 Å². The first kappa shape index (κ1) is 22.9. The molecule has 0 fully saturated rings. The third-order valence-corrected chi connectivity index (χ3v) is 7.09. The topological polar surface area (TPSA) is 102 Å². The van der Waals surface area contributed by atoms with Gasteiger partial charge in [-0.3, -0.25) is 4.79 Å². The number of hydrogen-bond acceptors (Lipinski definition) is 7. The second-order valence-electron chi connectivity index (χ2n) is 6.35. The van der Waals surface area contributed by atoms with Crippen LogP contribution in [0, 0.1) is 0 Å². The van der Waals surface area contributed by atoms with Crippen molar-refractivity contribution in [1.82, 2.24) is 4.98 Å². The van der Waals surface area contributed by atoms with Crippen LogP contribution in [-0.2, 0) is 19.4 Å². The molecule has 0 radical (unpaired) electrons. The van der Waals surface area contributed by atoms with Crippen LogP contribution in [0.5, 0.6) is 0 Å². The van der Waals surface area contributed by atoms with Crippen LogP contribution in [0.2, 0.25) is 5.02 Å². The van der Waals surface area contributed by atoms with Crippen LogP contribution in [0.1, 0.15) is 23.0 Å². The molecule has 0 unspecified atom stereocenters. The number of anilines is 1. The Morgan fingerprint density at radius 1 is 1.10 bits per heavy atom. The lowest BCUT2D eigenvalue weighted by atomic mass is 10.1. The Hall–Kier alpha value is -2.75. The molecule has 0 spiro atoms. The van der Waals surface area contributed by atoms with Gasteiger partial charge >= 0.3 is 5.97 Å². The maximum absolute atomic E-state index is 12.4. The van der Waals surface area contributed by atoms with Gasteiger partial charge in [-0.25, -0.2) is 18.2 Å². The summed E-state index contributed by atoms with van der Waals surface area (Å²) in [7, 11) is -3.64. The molecule has 7 nitrogen and oxygen atoms in total. The van der Waals surface area contributed by atoms with Crippen LogP contribution in [0.15, 0.2) is 59.5 Å². The number of benzene rings is 2. The van der Waals surface area contributed by atoms with Gasteiger partial charge in [0, 0.05) is 17.0 Å². The first-order valence-corrected chi connectivity index (χ1v) is 12.2. The number of esters is 1. The third-order valence-electron chi connectivity index (χ3n) is 4.15. The number of nitrogens with one attached hydrogen (secondary N) is 1. The van der Waals surface area contributed by atoms with Gasteiger partial charge in [-0.2, -0.15) is 0 Å². The van der Waals surface area contributed by atoms with Gasteiger partial charge in [-0.15, -0.1) is 0 Å². The van der Waals surface area contributed by atoms with E-state index in [9.17, 15) is 18.0 Å². The molecule has 0 saturated carbocycles. The Morgan fingerprint density at radius 3 is 2.42 bits per heavy atom. The second kappa shape index (κ2) is 10.0. The molecule has 0 aliphatic carbocycles. The number of sulfone groups is 1. The molecular weight excluding hydrogens is 460 g/mol. The van der Waals surface area contributed by atoms with Gasteiger partial charge in [-0.05, 0) is 31.2 Å². The van der Waals surface area contributed by atoms with Gasteiger partial charge in [0.15, 0.2) is 15.0 Å². The molecule has 162 valence electrons. The zero-order valence-corrected chi connectivity index (χ0v) is 18.9. The SMILES string of the molecule is CCOC(=O)c1sc(NC(=O)CCS(=O)(=O)c2ccc(Cl)cc2)nc1-c1ccccc1. The zero-order valence-electron chi connectivity index (χ0n) is 16.5. The van der Waals surface area contributed by atoms with Crippen molar-refractivity contribution in [3.05, 3.63) is 64.5 Å². The molecule has 0 saturated heterocycles. The standard InChI is InChI=1S/C21H19ClN2O5S2/c1-2-29-20(26)19-18(14-6-4-3-5-7-14)24-21(30-19)23-17(25)12-13-31(27,28)16-10-8-15(22)9-11-16/h3-11H,2,12-13H2,1H3,(H,23,24,25). The summed E-state index contributed by atoms with van der Waals surface area (Å²) in [6.07, 6.45) is -0.264. The number of thiazole rings is 1. The average molecular weight is 479 g/mol. The highest BCUT2D eigenvalue weighted by atomic mass is 35.5. The fourth-order valence-corrected chi connectivity index (χ4v) is 4.93. The Morgan fingerprint density at radius 2 is 1.77 bits per heavy atom. The molecule has 1 aromatic heterocycles. The molecule has 1 N–H and O–H groups in total. The highest BCUT2D eigenvalue weighted by Gasteiger charge is 2.22. The van der Waals surface area contributed by atoms with Gasteiger partial charge in [-0.1, -0.05) is 53.3 Å². The van der Waals surface area contributed by atoms with Crippen LogP contribution in [0.3, 0.4) is 0 Å². The lowest BCUT2D eigenvalue weighted by Crippen LogP contribution is -2.17. The summed E-state index contributed by atoms with van der Waals surface area (Å²) in [5.41, 5.74) is 1.10. The van der Waals surface area contributed by atoms with Gasteiger partial charge in [0.2, 0.25) is 5.91 Å². The maximum Gasteiger partial charge on any atom is 0.350 e. The second-order valence-corrected chi connectivity index (χ2v) is 9.90. The number of carbonyl (C=O) groups excluding carboxylic acids is 2. The Balaban J connectivity index is 1.73. The molecule has 3 aromatic rings. The summed E-state index contributed by atoms with van der Waals surface area (Å²) < 4.78 is 29.9. The number of nitrogens with zero attached hydrogens (tertiary/aromatic N) is 1. The van der Waals surface area contributed by atoms with Crippen LogP contribution >= 0.6 is 22.9 Å². The van der Waals surface area contributed by atoms with Crippen LogP contribution in [-0.4, -0.2) is 37.6 Å². The predicted molar refractivity (Wildman–Crippen MR) is 120 cm³/mol. The van der Waals surface area contributed by atoms with E-state index in [1.807, 2.05) is 18.2 Å². The summed E-state index contributed by atoms with van der Waals surface area (Å²) in [5, 5.41) is 3.19. The Kier molecular flexibility index (Phi) is 7.42. The van der Waals surface area contributed by atoms with Crippen molar-refractivity contribution in [1.29, 1.82) is 0 Å². The molecule has 0 bridgehead atoms. The van der Waals surface area contributed by atoms with Crippen LogP contribution < -0.4 is 5.32 Å². The van der Waals surface area contributed by atoms with Gasteiger partial charge in [0.25, 0.3) is 0 Å². The molecular formula is C21H19ClN2O5S2. The largest absolute Gasteiger partial charge is 0.462 e. The molecule has 2 aromatic carbocycles. The van der Waals surface area contributed by atoms with E-state index in [4.69, 9.17) is 16.3 Å². The Bertz CT molecular complexity index is 1180. The fraction of sp³-hybridized carbons (Fsp3) is 0.190. The average Bonchev–Trinajstić information content (AvgIpc) is 3.17. The monoisotopic (exact) mass is 478 g/mol. The summed E-state index contributed by atoms with van der Waals surface area (Å²) in [6, 6.07) is 14.8. The van der Waals surface area contributed by atoms with Crippen molar-refractivity contribution in [3.8, 4) is 11.3 Å². The minimum absolute atomic E-state index is 0.0925. The van der Waals surface area contributed by atoms with E-state index in [-0.39, 0.29) is 33.7 Å². The van der Waals surface area contributed by atoms with Crippen LogP contribution in [0.4, 0.5) is 5.13 Å². The van der Waals surface area contributed by atoms with Crippen molar-refractivity contribution in [2.45, 2.75) is 18.2 Å². The van der Waals surface area contributed by atoms with Gasteiger partial charge < -0.3 is 10.1 Å². The number of carbonyl (C=O) groups is 2. The number of ether oxygens (including phenoxy) is 1. The normalized spacial score (nSPS) is 11.2. The third kappa shape index (κ3) is 5.90. The summed E-state index contributed by atoms with van der Waals surface area (Å²) in [5.74, 6) is -1.44. The fourth-order valence-electron chi connectivity index (χ4n) is 2.67. The van der Waals surface area contributed by atoms with Crippen molar-refractivity contribution in [2.75, 3.05) is 17.7 Å². The number of aromatic nitrogens is 1. The highest BCUT2D eigenvalue weighted by molar-refractivity contribution is 7.91. The number of amides is 1.